The summed E-state index contributed by atoms with van der Waals surface area (Å²) < 4.78 is 2.39. The van der Waals surface area contributed by atoms with Crippen LogP contribution in [0.15, 0.2) is 60.7 Å². The molecule has 0 atom stereocenters. The molecule has 198 valence electrons. The number of hydrogen-bond donors (Lipinski definition) is 4. The monoisotopic (exact) mass is 511 g/mol. The molecule has 8 nitrogen and oxygen atoms in total. The molecule has 8 heteroatoms. The number of nitrogens with zero attached hydrogens (tertiary/aromatic N) is 3. The van der Waals surface area contributed by atoms with Crippen molar-refractivity contribution in [3.05, 3.63) is 66.2 Å². The lowest BCUT2D eigenvalue weighted by molar-refractivity contribution is 0.102. The van der Waals surface area contributed by atoms with Crippen molar-refractivity contribution in [1.29, 1.82) is 0 Å². The Labute approximate surface area is 223 Å². The van der Waals surface area contributed by atoms with E-state index < -0.39 is 0 Å². The second-order valence-corrected chi connectivity index (χ2v) is 10.8. The minimum atomic E-state index is -0.152. The fourth-order valence-electron chi connectivity index (χ4n) is 5.76. The summed E-state index contributed by atoms with van der Waals surface area (Å²) in [5.41, 5.74) is 4.81. The molecule has 4 heterocycles. The molecular weight excluding hydrogens is 474 g/mol. The highest BCUT2D eigenvalue weighted by atomic mass is 16.1. The average Bonchev–Trinajstić information content (AvgIpc) is 3.55. The van der Waals surface area contributed by atoms with Crippen LogP contribution in [-0.2, 0) is 6.54 Å². The molecule has 38 heavy (non-hydrogen) atoms. The molecule has 6 rings (SSSR count). The van der Waals surface area contributed by atoms with E-state index >= 15 is 0 Å². The van der Waals surface area contributed by atoms with Crippen LogP contribution in [0.2, 0.25) is 0 Å². The topological polar surface area (TPSA) is 90.0 Å². The van der Waals surface area contributed by atoms with Gasteiger partial charge >= 0.3 is 0 Å². The van der Waals surface area contributed by atoms with E-state index in [1.54, 1.807) is 0 Å². The molecule has 2 aliphatic heterocycles. The predicted molar refractivity (Wildman–Crippen MR) is 154 cm³/mol. The van der Waals surface area contributed by atoms with Crippen molar-refractivity contribution < 1.29 is 4.79 Å². The number of aromatic nitrogens is 3. The Hall–Kier alpha value is -3.62. The Morgan fingerprint density at radius 3 is 2.55 bits per heavy atom. The van der Waals surface area contributed by atoms with Crippen molar-refractivity contribution in [3.8, 4) is 11.4 Å². The summed E-state index contributed by atoms with van der Waals surface area (Å²) in [6.07, 6.45) is 4.63. The number of carbonyl (C=O) groups excluding carboxylic acids is 1. The summed E-state index contributed by atoms with van der Waals surface area (Å²) in [5, 5.41) is 18.9. The number of H-pyrrole nitrogens is 1. The van der Waals surface area contributed by atoms with Crippen LogP contribution in [0.5, 0.6) is 0 Å². The number of anilines is 2. The number of aromatic amines is 1. The normalized spacial score (nSPS) is 17.6. The molecular formula is C30H37N7O. The molecule has 0 saturated carbocycles. The van der Waals surface area contributed by atoms with Crippen molar-refractivity contribution in [2.24, 2.45) is 5.92 Å². The van der Waals surface area contributed by atoms with Gasteiger partial charge in [-0.15, -0.1) is 0 Å². The van der Waals surface area contributed by atoms with Crippen molar-refractivity contribution in [1.82, 2.24) is 25.0 Å². The maximum absolute atomic E-state index is 13.0. The number of nitrogens with one attached hydrogen (secondary N) is 4. The summed E-state index contributed by atoms with van der Waals surface area (Å²) >= 11 is 0. The maximum Gasteiger partial charge on any atom is 0.256 e. The van der Waals surface area contributed by atoms with Crippen molar-refractivity contribution >= 4 is 28.3 Å². The van der Waals surface area contributed by atoms with E-state index in [1.165, 1.54) is 23.7 Å². The van der Waals surface area contributed by atoms with E-state index in [0.29, 0.717) is 23.3 Å². The SMILES string of the molecule is CN1CCC(Nc2ccc(C(=O)Nc3cc(-c4cc5ccccc5n4CC4CCNCC4)n[nH]3)cc2)CC1. The molecule has 1 amide bonds. The van der Waals surface area contributed by atoms with Gasteiger partial charge < -0.3 is 25.4 Å². The lowest BCUT2D eigenvalue weighted by Crippen LogP contribution is -2.36. The molecule has 2 aromatic heterocycles. The fourth-order valence-corrected chi connectivity index (χ4v) is 5.76. The number of rotatable bonds is 7. The van der Waals surface area contributed by atoms with E-state index in [-0.39, 0.29) is 5.91 Å². The molecule has 2 saturated heterocycles. The van der Waals surface area contributed by atoms with Gasteiger partial charge in [0.05, 0.1) is 5.69 Å². The third kappa shape index (κ3) is 5.47. The fraction of sp³-hybridized carbons (Fsp3) is 0.400. The van der Waals surface area contributed by atoms with Gasteiger partial charge in [0.15, 0.2) is 0 Å². The van der Waals surface area contributed by atoms with Crippen molar-refractivity contribution in [3.63, 3.8) is 0 Å². The third-order valence-corrected chi connectivity index (χ3v) is 8.04. The quantitative estimate of drug-likeness (QED) is 0.287. The highest BCUT2D eigenvalue weighted by Gasteiger charge is 2.20. The molecule has 4 N–H and O–H groups in total. The minimum Gasteiger partial charge on any atom is -0.382 e. The van der Waals surface area contributed by atoms with Gasteiger partial charge in [-0.2, -0.15) is 5.10 Å². The van der Waals surface area contributed by atoms with Gasteiger partial charge in [-0.3, -0.25) is 9.89 Å². The van der Waals surface area contributed by atoms with E-state index in [4.69, 9.17) is 0 Å². The van der Waals surface area contributed by atoms with E-state index in [2.05, 4.69) is 73.0 Å². The highest BCUT2D eigenvalue weighted by molar-refractivity contribution is 6.04. The number of para-hydroxylation sites is 1. The molecule has 0 spiro atoms. The zero-order valence-corrected chi connectivity index (χ0v) is 22.0. The van der Waals surface area contributed by atoms with Gasteiger partial charge in [0.2, 0.25) is 0 Å². The van der Waals surface area contributed by atoms with Gasteiger partial charge in [0.25, 0.3) is 5.91 Å². The zero-order chi connectivity index (χ0) is 25.9. The Morgan fingerprint density at radius 2 is 1.76 bits per heavy atom. The van der Waals surface area contributed by atoms with Crippen LogP contribution in [0.1, 0.15) is 36.0 Å². The first kappa shape index (κ1) is 24.7. The molecule has 0 bridgehead atoms. The lowest BCUT2D eigenvalue weighted by atomic mass is 9.98. The summed E-state index contributed by atoms with van der Waals surface area (Å²) in [7, 11) is 2.17. The standard InChI is InChI=1S/C30H37N7O/c1-36-16-12-25(13-17-36)32-24-8-6-22(7-9-24)30(38)33-29-19-26(34-35-29)28-18-23-4-2-3-5-27(23)37(28)20-21-10-14-31-15-11-21/h2-9,18-19,21,25,31-32H,10-17,20H2,1H3,(H2,33,34,35,38). The van der Waals surface area contributed by atoms with Crippen LogP contribution >= 0.6 is 0 Å². The van der Waals surface area contributed by atoms with Crippen molar-refractivity contribution in [2.75, 3.05) is 43.9 Å². The summed E-state index contributed by atoms with van der Waals surface area (Å²) in [6.45, 7) is 5.35. The molecule has 4 aromatic rings. The summed E-state index contributed by atoms with van der Waals surface area (Å²) in [5.74, 6) is 1.08. The number of piperidine rings is 2. The predicted octanol–water partition coefficient (Wildman–Crippen LogP) is 4.79. The van der Waals surface area contributed by atoms with Gasteiger partial charge in [0.1, 0.15) is 11.5 Å². The Bertz CT molecular complexity index is 1380. The molecule has 0 unspecified atom stereocenters. The van der Waals surface area contributed by atoms with Crippen LogP contribution in [0, 0.1) is 5.92 Å². The lowest BCUT2D eigenvalue weighted by Gasteiger charge is -2.30. The van der Waals surface area contributed by atoms with Crippen LogP contribution in [0.3, 0.4) is 0 Å². The van der Waals surface area contributed by atoms with Crippen LogP contribution in [0.4, 0.5) is 11.5 Å². The Balaban J connectivity index is 1.15. The Morgan fingerprint density at radius 1 is 1.00 bits per heavy atom. The third-order valence-electron chi connectivity index (χ3n) is 8.04. The van der Waals surface area contributed by atoms with Crippen LogP contribution < -0.4 is 16.0 Å². The van der Waals surface area contributed by atoms with Gasteiger partial charge in [0, 0.05) is 40.8 Å². The van der Waals surface area contributed by atoms with Crippen LogP contribution in [0.25, 0.3) is 22.3 Å². The molecule has 2 aromatic carbocycles. The number of likely N-dealkylation sites (tertiary alicyclic amines) is 1. The molecule has 0 aliphatic carbocycles. The number of carbonyl (C=O) groups is 1. The second kappa shape index (κ2) is 11.0. The van der Waals surface area contributed by atoms with E-state index in [9.17, 15) is 4.79 Å². The molecule has 2 aliphatic rings. The van der Waals surface area contributed by atoms with Crippen molar-refractivity contribution in [2.45, 2.75) is 38.3 Å². The summed E-state index contributed by atoms with van der Waals surface area (Å²) in [4.78, 5) is 15.3. The molecule has 2 fully saturated rings. The average molecular weight is 512 g/mol. The van der Waals surface area contributed by atoms with Gasteiger partial charge in [-0.1, -0.05) is 18.2 Å². The first-order chi connectivity index (χ1) is 18.6. The highest BCUT2D eigenvalue weighted by Crippen LogP contribution is 2.30. The Kier molecular flexibility index (Phi) is 7.16. The van der Waals surface area contributed by atoms with E-state index in [0.717, 1.165) is 62.6 Å². The first-order valence-corrected chi connectivity index (χ1v) is 13.8. The second-order valence-electron chi connectivity index (χ2n) is 10.8. The summed E-state index contributed by atoms with van der Waals surface area (Å²) in [6, 6.07) is 20.9. The van der Waals surface area contributed by atoms with Crippen LogP contribution in [-0.4, -0.2) is 64.8 Å². The number of amides is 1. The minimum absolute atomic E-state index is 0.152. The zero-order valence-electron chi connectivity index (χ0n) is 22.0. The number of fused-ring (bicyclic) bond motifs is 1. The maximum atomic E-state index is 13.0. The number of hydrogen-bond acceptors (Lipinski definition) is 5. The van der Waals surface area contributed by atoms with E-state index in [1.807, 2.05) is 30.3 Å². The first-order valence-electron chi connectivity index (χ1n) is 13.8. The van der Waals surface area contributed by atoms with Gasteiger partial charge in [-0.25, -0.2) is 0 Å². The smallest absolute Gasteiger partial charge is 0.256 e. The van der Waals surface area contributed by atoms with Gasteiger partial charge in [-0.05, 0) is 101 Å². The number of benzene rings is 2. The largest absolute Gasteiger partial charge is 0.382 e. The molecule has 0 radical (unpaired) electrons.